The zero-order chi connectivity index (χ0) is 11.8. The number of hydrogen-bond acceptors (Lipinski definition) is 1. The molecule has 1 heteroatoms. The van der Waals surface area contributed by atoms with E-state index >= 15 is 0 Å². The van der Waals surface area contributed by atoms with Gasteiger partial charge in [0.2, 0.25) is 0 Å². The number of ketones is 1. The Kier molecular flexibility index (Phi) is 2.23. The molecule has 0 unspecified atom stereocenters. The summed E-state index contributed by atoms with van der Waals surface area (Å²) in [5.41, 5.74) is 0.784. The fourth-order valence-corrected chi connectivity index (χ4v) is 2.23. The average molecular weight is 220 g/mol. The van der Waals surface area contributed by atoms with Gasteiger partial charge in [-0.05, 0) is 23.3 Å². The van der Waals surface area contributed by atoms with Crippen LogP contribution in [0, 0.1) is 24.2 Å². The molecular weight excluding hydrogens is 208 g/mol. The summed E-state index contributed by atoms with van der Waals surface area (Å²) in [4.78, 5) is 12.1. The number of terminal acetylenes is 1. The Morgan fingerprint density at radius 1 is 1.18 bits per heavy atom. The Hall–Kier alpha value is -2.07. The second-order valence-corrected chi connectivity index (χ2v) is 4.54. The van der Waals surface area contributed by atoms with Gasteiger partial charge in [0.15, 0.2) is 5.78 Å². The van der Waals surface area contributed by atoms with Crippen LogP contribution in [0.15, 0.2) is 42.5 Å². The first kappa shape index (κ1) is 10.1. The maximum absolute atomic E-state index is 12.1. The molecule has 1 saturated carbocycles. The van der Waals surface area contributed by atoms with E-state index in [-0.39, 0.29) is 17.6 Å². The van der Waals surface area contributed by atoms with Crippen LogP contribution in [0.5, 0.6) is 0 Å². The lowest BCUT2D eigenvalue weighted by molar-refractivity contribution is 0.0964. The van der Waals surface area contributed by atoms with Crippen molar-refractivity contribution >= 4 is 16.6 Å². The third kappa shape index (κ3) is 1.72. The second kappa shape index (κ2) is 3.75. The van der Waals surface area contributed by atoms with Crippen molar-refractivity contribution in [2.75, 3.05) is 0 Å². The lowest BCUT2D eigenvalue weighted by Crippen LogP contribution is -2.02. The maximum atomic E-state index is 12.1. The van der Waals surface area contributed by atoms with Gasteiger partial charge < -0.3 is 0 Å². The van der Waals surface area contributed by atoms with Crippen molar-refractivity contribution in [2.45, 2.75) is 6.42 Å². The molecule has 0 bridgehead atoms. The quantitative estimate of drug-likeness (QED) is 0.560. The average Bonchev–Trinajstić information content (AvgIpc) is 3.17. The molecule has 0 radical (unpaired) electrons. The topological polar surface area (TPSA) is 17.1 Å². The lowest BCUT2D eigenvalue weighted by atomic mass is 10.0. The molecule has 0 heterocycles. The largest absolute Gasteiger partial charge is 0.294 e. The molecule has 17 heavy (non-hydrogen) atoms. The first-order valence-corrected chi connectivity index (χ1v) is 5.79. The molecule has 82 valence electrons. The molecule has 1 nitrogen and oxygen atoms in total. The normalized spacial score (nSPS) is 22.1. The fourth-order valence-electron chi connectivity index (χ4n) is 2.23. The van der Waals surface area contributed by atoms with E-state index in [4.69, 9.17) is 6.42 Å². The SMILES string of the molecule is C#C[C@H]1C[C@H]1C(=O)c1ccc2ccccc2c1. The van der Waals surface area contributed by atoms with Crippen LogP contribution in [0.2, 0.25) is 0 Å². The number of benzene rings is 2. The Bertz CT molecular complexity index is 633. The van der Waals surface area contributed by atoms with Crippen LogP contribution >= 0.6 is 0 Å². The van der Waals surface area contributed by atoms with Gasteiger partial charge in [0.05, 0.1) is 0 Å². The summed E-state index contributed by atoms with van der Waals surface area (Å²) in [6, 6.07) is 13.9. The summed E-state index contributed by atoms with van der Waals surface area (Å²) >= 11 is 0. The predicted octanol–water partition coefficient (Wildman–Crippen LogP) is 3.29. The van der Waals surface area contributed by atoms with E-state index in [1.54, 1.807) is 0 Å². The number of carbonyl (C=O) groups is 1. The van der Waals surface area contributed by atoms with E-state index in [1.165, 1.54) is 0 Å². The van der Waals surface area contributed by atoms with Crippen LogP contribution < -0.4 is 0 Å². The molecule has 0 aromatic heterocycles. The van der Waals surface area contributed by atoms with Crippen molar-refractivity contribution in [3.05, 3.63) is 48.0 Å². The van der Waals surface area contributed by atoms with Gasteiger partial charge in [0, 0.05) is 17.4 Å². The van der Waals surface area contributed by atoms with Gasteiger partial charge in [-0.15, -0.1) is 12.3 Å². The standard InChI is InChI=1S/C16H12O/c1-2-11-10-15(11)16(17)14-8-7-12-5-3-4-6-13(12)9-14/h1,3-9,11,15H,10H2/t11-,15+/m0/s1. The molecule has 1 fully saturated rings. The molecule has 2 aromatic rings. The third-order valence-electron chi connectivity index (χ3n) is 3.38. The summed E-state index contributed by atoms with van der Waals surface area (Å²) < 4.78 is 0. The summed E-state index contributed by atoms with van der Waals surface area (Å²) in [6.07, 6.45) is 6.18. The van der Waals surface area contributed by atoms with E-state index in [2.05, 4.69) is 5.92 Å². The minimum Gasteiger partial charge on any atom is -0.294 e. The number of fused-ring (bicyclic) bond motifs is 1. The summed E-state index contributed by atoms with van der Waals surface area (Å²) in [7, 11) is 0. The summed E-state index contributed by atoms with van der Waals surface area (Å²) in [5.74, 6) is 3.07. The highest BCUT2D eigenvalue weighted by Gasteiger charge is 2.41. The van der Waals surface area contributed by atoms with E-state index in [0.29, 0.717) is 0 Å². The second-order valence-electron chi connectivity index (χ2n) is 4.54. The van der Waals surface area contributed by atoms with E-state index in [0.717, 1.165) is 22.8 Å². The van der Waals surface area contributed by atoms with E-state index < -0.39 is 0 Å². The van der Waals surface area contributed by atoms with Gasteiger partial charge in [-0.3, -0.25) is 4.79 Å². The smallest absolute Gasteiger partial charge is 0.167 e. The zero-order valence-electron chi connectivity index (χ0n) is 9.39. The monoisotopic (exact) mass is 220 g/mol. The molecular formula is C16H12O. The lowest BCUT2D eigenvalue weighted by Gasteiger charge is -2.02. The Morgan fingerprint density at radius 3 is 2.65 bits per heavy atom. The van der Waals surface area contributed by atoms with Gasteiger partial charge in [-0.1, -0.05) is 36.4 Å². The molecule has 1 aliphatic rings. The number of carbonyl (C=O) groups excluding carboxylic acids is 1. The van der Waals surface area contributed by atoms with Crippen molar-refractivity contribution in [1.29, 1.82) is 0 Å². The molecule has 2 atom stereocenters. The molecule has 1 aliphatic carbocycles. The number of rotatable bonds is 2. The Balaban J connectivity index is 1.96. The molecule has 0 aliphatic heterocycles. The Labute approximate surface area is 100 Å². The van der Waals surface area contributed by atoms with Crippen molar-refractivity contribution in [2.24, 2.45) is 11.8 Å². The van der Waals surface area contributed by atoms with E-state index in [9.17, 15) is 4.79 Å². The molecule has 0 N–H and O–H groups in total. The van der Waals surface area contributed by atoms with Crippen LogP contribution in [-0.4, -0.2) is 5.78 Å². The molecule has 0 spiro atoms. The molecule has 2 aromatic carbocycles. The third-order valence-corrected chi connectivity index (χ3v) is 3.38. The van der Waals surface area contributed by atoms with E-state index in [1.807, 2.05) is 42.5 Å². The van der Waals surface area contributed by atoms with Crippen LogP contribution in [0.25, 0.3) is 10.8 Å². The van der Waals surface area contributed by atoms with Crippen molar-refractivity contribution in [3.8, 4) is 12.3 Å². The molecule has 0 saturated heterocycles. The predicted molar refractivity (Wildman–Crippen MR) is 68.7 cm³/mol. The molecule has 3 rings (SSSR count). The van der Waals surface area contributed by atoms with Gasteiger partial charge >= 0.3 is 0 Å². The van der Waals surface area contributed by atoms with Crippen LogP contribution in [0.3, 0.4) is 0 Å². The van der Waals surface area contributed by atoms with Crippen LogP contribution in [0.4, 0.5) is 0 Å². The van der Waals surface area contributed by atoms with Crippen LogP contribution in [0.1, 0.15) is 16.8 Å². The number of Topliss-reactive ketones (excluding diaryl/α,β-unsaturated/α-hetero) is 1. The van der Waals surface area contributed by atoms with Crippen molar-refractivity contribution < 1.29 is 4.79 Å². The highest BCUT2D eigenvalue weighted by molar-refractivity contribution is 6.02. The minimum absolute atomic E-state index is 0.0566. The van der Waals surface area contributed by atoms with Gasteiger partial charge in [-0.2, -0.15) is 0 Å². The minimum atomic E-state index is 0.0566. The van der Waals surface area contributed by atoms with Crippen molar-refractivity contribution in [1.82, 2.24) is 0 Å². The van der Waals surface area contributed by atoms with Crippen LogP contribution in [-0.2, 0) is 0 Å². The van der Waals surface area contributed by atoms with Gasteiger partial charge in [0.1, 0.15) is 0 Å². The highest BCUT2D eigenvalue weighted by atomic mass is 16.1. The number of hydrogen-bond donors (Lipinski definition) is 0. The fraction of sp³-hybridized carbons (Fsp3) is 0.188. The summed E-state index contributed by atoms with van der Waals surface area (Å²) in [6.45, 7) is 0. The molecule has 0 amide bonds. The maximum Gasteiger partial charge on any atom is 0.167 e. The first-order chi connectivity index (χ1) is 8.29. The van der Waals surface area contributed by atoms with Crippen molar-refractivity contribution in [3.63, 3.8) is 0 Å². The highest BCUT2D eigenvalue weighted by Crippen LogP contribution is 2.40. The Morgan fingerprint density at radius 2 is 1.94 bits per heavy atom. The first-order valence-electron chi connectivity index (χ1n) is 5.79. The zero-order valence-corrected chi connectivity index (χ0v) is 9.39. The summed E-state index contributed by atoms with van der Waals surface area (Å²) in [5, 5.41) is 2.27. The van der Waals surface area contributed by atoms with Gasteiger partial charge in [0.25, 0.3) is 0 Å². The van der Waals surface area contributed by atoms with Gasteiger partial charge in [-0.25, -0.2) is 0 Å².